The number of hydrogen-bond donors (Lipinski definition) is 4. The number of pyridine rings is 1. The van der Waals surface area contributed by atoms with E-state index in [2.05, 4.69) is 36.0 Å². The van der Waals surface area contributed by atoms with Gasteiger partial charge in [0, 0.05) is 24.5 Å². The molecule has 0 saturated heterocycles. The Bertz CT molecular complexity index is 1420. The molecule has 14 heteroatoms. The van der Waals surface area contributed by atoms with Crippen LogP contribution >= 0.6 is 0 Å². The number of aliphatic hydroxyl groups is 1. The summed E-state index contributed by atoms with van der Waals surface area (Å²) in [6, 6.07) is 3.22. The fraction of sp³-hybridized carbons (Fsp3) is 0.458. The molecule has 1 atom stereocenters. The number of nitrogens with one attached hydrogen (secondary N) is 3. The van der Waals surface area contributed by atoms with E-state index in [1.807, 2.05) is 13.8 Å². The number of alkyl halides is 1. The summed E-state index contributed by atoms with van der Waals surface area (Å²) < 4.78 is 39.9. The molecule has 0 unspecified atom stereocenters. The molecule has 0 aromatic carbocycles. The number of carbonyl (C=O) groups excluding carboxylic acids is 1. The number of nitrogens with zero attached hydrogens (tertiary/aromatic N) is 5. The molecule has 0 radical (unpaired) electrons. The van der Waals surface area contributed by atoms with Crippen molar-refractivity contribution in [3.05, 3.63) is 42.5 Å². The average molecular weight is 547 g/mol. The smallest absolute Gasteiger partial charge is 0.256 e. The fourth-order valence-corrected chi connectivity index (χ4v) is 4.92. The maximum absolute atomic E-state index is 14.1. The van der Waals surface area contributed by atoms with Crippen LogP contribution in [0.4, 0.5) is 21.7 Å². The van der Waals surface area contributed by atoms with Crippen molar-refractivity contribution in [3.8, 4) is 11.4 Å². The Morgan fingerprint density at radius 1 is 1.24 bits per heavy atom. The third-order valence-corrected chi connectivity index (χ3v) is 7.77. The maximum atomic E-state index is 14.1. The van der Waals surface area contributed by atoms with Gasteiger partial charge in [-0.05, 0) is 46.6 Å². The number of aromatic nitrogens is 5. The van der Waals surface area contributed by atoms with Crippen molar-refractivity contribution in [2.45, 2.75) is 63.6 Å². The summed E-state index contributed by atoms with van der Waals surface area (Å²) in [5, 5.41) is 22.1. The minimum Gasteiger partial charge on any atom is -0.387 e. The number of carbonyl (C=O) groups is 1. The predicted molar refractivity (Wildman–Crippen MR) is 140 cm³/mol. The Morgan fingerprint density at radius 3 is 2.63 bits per heavy atom. The van der Waals surface area contributed by atoms with Crippen LogP contribution in [0.2, 0.25) is 0 Å². The molecule has 3 aromatic heterocycles. The van der Waals surface area contributed by atoms with Crippen LogP contribution in [0.15, 0.2) is 36.9 Å². The molecule has 3 aromatic rings. The second-order valence-electron chi connectivity index (χ2n) is 9.98. The fourth-order valence-electron chi connectivity index (χ4n) is 3.44. The van der Waals surface area contributed by atoms with Crippen molar-refractivity contribution in [1.29, 1.82) is 0 Å². The molecule has 1 fully saturated rings. The van der Waals surface area contributed by atoms with E-state index < -0.39 is 33.0 Å². The normalized spacial score (nSPS) is 14.8. The summed E-state index contributed by atoms with van der Waals surface area (Å²) in [4.78, 5) is 25.7. The molecule has 4 rings (SSSR count). The highest BCUT2D eigenvalue weighted by Crippen LogP contribution is 2.30. The molecule has 1 saturated carbocycles. The number of amides is 1. The Balaban J connectivity index is 1.52. The summed E-state index contributed by atoms with van der Waals surface area (Å²) >= 11 is 0. The van der Waals surface area contributed by atoms with Crippen LogP contribution in [0.25, 0.3) is 11.4 Å². The Hall–Kier alpha value is -3.65. The van der Waals surface area contributed by atoms with Gasteiger partial charge in [0.1, 0.15) is 17.8 Å². The van der Waals surface area contributed by atoms with Gasteiger partial charge in [0.05, 0.1) is 46.6 Å². The highest BCUT2D eigenvalue weighted by Gasteiger charge is 2.37. The van der Waals surface area contributed by atoms with Gasteiger partial charge in [0.2, 0.25) is 0 Å². The van der Waals surface area contributed by atoms with Crippen LogP contribution in [0.3, 0.4) is 0 Å². The Labute approximate surface area is 220 Å². The lowest BCUT2D eigenvalue weighted by atomic mass is 10.0. The van der Waals surface area contributed by atoms with Gasteiger partial charge in [-0.3, -0.25) is 4.79 Å². The summed E-state index contributed by atoms with van der Waals surface area (Å²) in [7, 11) is -3.50. The van der Waals surface area contributed by atoms with Crippen LogP contribution in [-0.2, 0) is 10.0 Å². The van der Waals surface area contributed by atoms with E-state index in [4.69, 9.17) is 0 Å². The highest BCUT2D eigenvalue weighted by atomic mass is 32.2. The summed E-state index contributed by atoms with van der Waals surface area (Å²) in [5.74, 6) is 0.498. The zero-order valence-corrected chi connectivity index (χ0v) is 22.3. The van der Waals surface area contributed by atoms with Gasteiger partial charge in [-0.25, -0.2) is 27.8 Å². The third kappa shape index (κ3) is 6.42. The van der Waals surface area contributed by atoms with Gasteiger partial charge in [-0.2, -0.15) is 9.19 Å². The second-order valence-corrected chi connectivity index (χ2v) is 12.1. The largest absolute Gasteiger partial charge is 0.387 e. The average Bonchev–Trinajstić information content (AvgIpc) is 3.59. The summed E-state index contributed by atoms with van der Waals surface area (Å²) in [6.45, 7) is 6.12. The van der Waals surface area contributed by atoms with Crippen molar-refractivity contribution in [3.63, 3.8) is 0 Å². The molecular formula is C24H31FN8O4S. The van der Waals surface area contributed by atoms with E-state index in [1.165, 1.54) is 38.6 Å². The minimum absolute atomic E-state index is 0.0174. The highest BCUT2D eigenvalue weighted by molar-refractivity contribution is 7.90. The molecule has 38 heavy (non-hydrogen) atoms. The zero-order chi connectivity index (χ0) is 27.7. The molecule has 3 heterocycles. The summed E-state index contributed by atoms with van der Waals surface area (Å²) in [5.41, 5.74) is -0.467. The molecule has 204 valence electrons. The topological polar surface area (TPSA) is 164 Å². The minimum atomic E-state index is -3.50. The first-order valence-corrected chi connectivity index (χ1v) is 13.7. The van der Waals surface area contributed by atoms with Crippen molar-refractivity contribution in [2.24, 2.45) is 0 Å². The lowest BCUT2D eigenvalue weighted by Gasteiger charge is -2.23. The van der Waals surface area contributed by atoms with E-state index in [0.29, 0.717) is 35.7 Å². The first-order valence-electron chi connectivity index (χ1n) is 12.2. The molecule has 0 aliphatic heterocycles. The van der Waals surface area contributed by atoms with Gasteiger partial charge >= 0.3 is 0 Å². The number of anilines is 3. The summed E-state index contributed by atoms with van der Waals surface area (Å²) in [6.07, 6.45) is 5.28. The quantitative estimate of drug-likeness (QED) is 0.281. The van der Waals surface area contributed by atoms with E-state index >= 15 is 0 Å². The molecule has 1 amide bonds. The molecule has 1 aliphatic rings. The maximum Gasteiger partial charge on any atom is 0.256 e. The Morgan fingerprint density at radius 2 is 1.97 bits per heavy atom. The van der Waals surface area contributed by atoms with E-state index in [9.17, 15) is 22.7 Å². The molecule has 0 spiro atoms. The van der Waals surface area contributed by atoms with E-state index in [0.717, 1.165) is 4.09 Å². The molecule has 12 nitrogen and oxygen atoms in total. The number of rotatable bonds is 11. The first-order chi connectivity index (χ1) is 17.8. The van der Waals surface area contributed by atoms with Gasteiger partial charge in [0.15, 0.2) is 5.82 Å². The van der Waals surface area contributed by atoms with Crippen molar-refractivity contribution < 1.29 is 22.7 Å². The van der Waals surface area contributed by atoms with E-state index in [-0.39, 0.29) is 24.0 Å². The lowest BCUT2D eigenvalue weighted by molar-refractivity contribution is -0.00177. The molecule has 4 N–H and O–H groups in total. The predicted octanol–water partition coefficient (Wildman–Crippen LogP) is 2.48. The van der Waals surface area contributed by atoms with Crippen molar-refractivity contribution >= 4 is 33.3 Å². The van der Waals surface area contributed by atoms with Crippen molar-refractivity contribution in [1.82, 2.24) is 29.5 Å². The third-order valence-electron chi connectivity index (χ3n) is 5.74. The van der Waals surface area contributed by atoms with Gasteiger partial charge in [0.25, 0.3) is 15.9 Å². The van der Waals surface area contributed by atoms with Crippen LogP contribution < -0.4 is 16.0 Å². The molecule has 1 aliphatic carbocycles. The molecule has 0 bridgehead atoms. The van der Waals surface area contributed by atoms with Gasteiger partial charge < -0.3 is 21.1 Å². The van der Waals surface area contributed by atoms with Crippen LogP contribution in [0.5, 0.6) is 0 Å². The monoisotopic (exact) mass is 546 g/mol. The second kappa shape index (κ2) is 10.6. The Kier molecular flexibility index (Phi) is 7.65. The number of hydrogen-bond acceptors (Lipinski definition) is 10. The van der Waals surface area contributed by atoms with Gasteiger partial charge in [-0.1, -0.05) is 0 Å². The van der Waals surface area contributed by atoms with Gasteiger partial charge in [-0.15, -0.1) is 0 Å². The van der Waals surface area contributed by atoms with Crippen LogP contribution in [0, 0.1) is 0 Å². The lowest BCUT2D eigenvalue weighted by Crippen LogP contribution is -2.42. The first kappa shape index (κ1) is 27.4. The standard InChI is InChI=1S/C24H31FN8O4S/c1-14(2)30-18-9-21(27-11-17(18)23(34)28-12-19(25)24(3,4)35)31-20-7-8-26-22(32-20)15-10-29-33(13-15)38(36,37)16-5-6-16/h7-11,13-14,16,19,35H,5-6,12H2,1-4H3,(H,28,34)(H2,26,27,30,31,32)/t19-/m1/s1. The SMILES string of the molecule is CC(C)Nc1cc(Nc2ccnc(-c3cnn(S(=O)(=O)C4CC4)c3)n2)ncc1C(=O)NC[C@@H](F)C(C)(C)O. The van der Waals surface area contributed by atoms with Crippen LogP contribution in [-0.4, -0.2) is 73.2 Å². The zero-order valence-electron chi connectivity index (χ0n) is 21.5. The van der Waals surface area contributed by atoms with Crippen LogP contribution in [0.1, 0.15) is 50.9 Å². The van der Waals surface area contributed by atoms with Crippen molar-refractivity contribution in [2.75, 3.05) is 17.2 Å². The number of halogens is 1. The molecular weight excluding hydrogens is 515 g/mol. The van der Waals surface area contributed by atoms with E-state index in [1.54, 1.807) is 12.1 Å².